The molecular weight excluding hydrogens is 440 g/mol. The third kappa shape index (κ3) is 4.95. The number of nitriles is 1. The van der Waals surface area contributed by atoms with E-state index in [-0.39, 0.29) is 6.10 Å². The van der Waals surface area contributed by atoms with Crippen molar-refractivity contribution in [2.75, 3.05) is 25.5 Å². The first-order valence-corrected chi connectivity index (χ1v) is 11.4. The van der Waals surface area contributed by atoms with Gasteiger partial charge in [0.2, 0.25) is 5.88 Å². The predicted octanol–water partition coefficient (Wildman–Crippen LogP) is 4.79. The maximum Gasteiger partial charge on any atom is 0.220 e. The molecule has 8 heteroatoms. The van der Waals surface area contributed by atoms with Crippen LogP contribution in [0.4, 0.5) is 11.5 Å². The van der Waals surface area contributed by atoms with Crippen molar-refractivity contribution in [3.8, 4) is 23.4 Å². The van der Waals surface area contributed by atoms with Gasteiger partial charge in [-0.3, -0.25) is 4.90 Å². The van der Waals surface area contributed by atoms with E-state index in [0.717, 1.165) is 33.9 Å². The van der Waals surface area contributed by atoms with Gasteiger partial charge in [-0.05, 0) is 36.8 Å². The zero-order chi connectivity index (χ0) is 24.2. The number of rotatable bonds is 6. The van der Waals surface area contributed by atoms with Crippen molar-refractivity contribution in [2.24, 2.45) is 0 Å². The number of fused-ring (bicyclic) bond motifs is 1. The van der Waals surface area contributed by atoms with Crippen molar-refractivity contribution in [1.29, 1.82) is 5.26 Å². The fraction of sp³-hybridized carbons (Fsp3) is 0.222. The molecule has 3 heterocycles. The number of anilines is 2. The van der Waals surface area contributed by atoms with Gasteiger partial charge in [-0.1, -0.05) is 30.3 Å². The molecule has 5 rings (SSSR count). The van der Waals surface area contributed by atoms with Crippen LogP contribution in [0.3, 0.4) is 0 Å². The molecule has 0 spiro atoms. The molecule has 1 atom stereocenters. The van der Waals surface area contributed by atoms with Gasteiger partial charge in [-0.25, -0.2) is 4.98 Å². The summed E-state index contributed by atoms with van der Waals surface area (Å²) < 4.78 is 13.9. The number of benzene rings is 2. The number of aromatic nitrogens is 3. The van der Waals surface area contributed by atoms with Crippen molar-refractivity contribution in [3.63, 3.8) is 0 Å². The van der Waals surface area contributed by atoms with Crippen molar-refractivity contribution < 1.29 is 9.47 Å². The molecule has 4 aromatic rings. The lowest BCUT2D eigenvalue weighted by atomic mass is 10.1. The lowest BCUT2D eigenvalue weighted by molar-refractivity contribution is 0.153. The average molecular weight is 467 g/mol. The van der Waals surface area contributed by atoms with Gasteiger partial charge < -0.3 is 19.4 Å². The maximum absolute atomic E-state index is 9.29. The van der Waals surface area contributed by atoms with Crippen molar-refractivity contribution in [2.45, 2.75) is 19.6 Å². The van der Waals surface area contributed by atoms with E-state index in [1.807, 2.05) is 78.4 Å². The van der Waals surface area contributed by atoms with Gasteiger partial charge in [0.05, 0.1) is 37.4 Å². The first-order chi connectivity index (χ1) is 17.1. The Morgan fingerprint density at radius 3 is 2.77 bits per heavy atom. The van der Waals surface area contributed by atoms with Gasteiger partial charge in [0.1, 0.15) is 17.7 Å². The Morgan fingerprint density at radius 1 is 1.17 bits per heavy atom. The first kappa shape index (κ1) is 22.4. The highest BCUT2D eigenvalue weighted by Gasteiger charge is 2.25. The number of aryl methyl sites for hydroxylation is 1. The summed E-state index contributed by atoms with van der Waals surface area (Å²) >= 11 is 0. The summed E-state index contributed by atoms with van der Waals surface area (Å²) in [5.41, 5.74) is 4.69. The molecule has 1 N–H and O–H groups in total. The molecule has 0 amide bonds. The monoisotopic (exact) mass is 466 g/mol. The highest BCUT2D eigenvalue weighted by molar-refractivity contribution is 5.63. The van der Waals surface area contributed by atoms with Crippen LogP contribution in [0.25, 0.3) is 5.69 Å². The summed E-state index contributed by atoms with van der Waals surface area (Å²) in [6, 6.07) is 22.1. The molecule has 2 aromatic heterocycles. The fourth-order valence-electron chi connectivity index (χ4n) is 4.20. The highest BCUT2D eigenvalue weighted by atomic mass is 16.5. The van der Waals surface area contributed by atoms with E-state index in [1.54, 1.807) is 13.4 Å². The molecule has 176 valence electrons. The minimum absolute atomic E-state index is 0.216. The summed E-state index contributed by atoms with van der Waals surface area (Å²) in [5.74, 6) is 1.95. The standard InChI is InChI=1S/C27H26N6O2/c1-19-15-33(18-29-19)23-10-9-22(14-24(23)34-2)30-26-11-8-21-16-32(13-12-28)17-25(35-27(21)31-26)20-6-4-3-5-7-20/h3-11,14-15,18,25H,13,16-17H2,1-2H3,(H,30,31)/t25-/m0/s1. The summed E-state index contributed by atoms with van der Waals surface area (Å²) in [6.45, 7) is 3.50. The number of nitrogens with one attached hydrogen (secondary N) is 1. The molecule has 0 radical (unpaired) electrons. The Morgan fingerprint density at radius 2 is 2.03 bits per heavy atom. The number of imidazole rings is 1. The van der Waals surface area contributed by atoms with Crippen molar-refractivity contribution >= 4 is 11.5 Å². The second-order valence-electron chi connectivity index (χ2n) is 8.44. The molecule has 1 aliphatic rings. The summed E-state index contributed by atoms with van der Waals surface area (Å²) in [6.07, 6.45) is 3.51. The predicted molar refractivity (Wildman–Crippen MR) is 133 cm³/mol. The molecule has 0 bridgehead atoms. The van der Waals surface area contributed by atoms with Gasteiger partial charge in [0, 0.05) is 36.6 Å². The van der Waals surface area contributed by atoms with E-state index < -0.39 is 0 Å². The minimum atomic E-state index is -0.216. The summed E-state index contributed by atoms with van der Waals surface area (Å²) in [5, 5.41) is 12.6. The second-order valence-corrected chi connectivity index (χ2v) is 8.44. The topological polar surface area (TPSA) is 88.2 Å². The molecule has 0 saturated heterocycles. The van der Waals surface area contributed by atoms with E-state index in [1.165, 1.54) is 0 Å². The van der Waals surface area contributed by atoms with Crippen molar-refractivity contribution in [1.82, 2.24) is 19.4 Å². The molecule has 8 nitrogen and oxygen atoms in total. The highest BCUT2D eigenvalue weighted by Crippen LogP contribution is 2.33. The van der Waals surface area contributed by atoms with Gasteiger partial charge >= 0.3 is 0 Å². The smallest absolute Gasteiger partial charge is 0.220 e. The van der Waals surface area contributed by atoms with Crippen LogP contribution < -0.4 is 14.8 Å². The van der Waals surface area contributed by atoms with Gasteiger partial charge in [-0.2, -0.15) is 10.2 Å². The zero-order valence-corrected chi connectivity index (χ0v) is 19.7. The average Bonchev–Trinajstić information content (AvgIpc) is 3.22. The lowest BCUT2D eigenvalue weighted by Crippen LogP contribution is -2.28. The quantitative estimate of drug-likeness (QED) is 0.409. The Hall–Kier alpha value is -4.35. The molecule has 0 saturated carbocycles. The number of nitrogens with zero attached hydrogens (tertiary/aromatic N) is 5. The Balaban J connectivity index is 1.42. The number of pyridine rings is 1. The summed E-state index contributed by atoms with van der Waals surface area (Å²) in [7, 11) is 1.65. The molecule has 0 fully saturated rings. The number of hydrogen-bond acceptors (Lipinski definition) is 7. The number of methoxy groups -OCH3 is 1. The summed E-state index contributed by atoms with van der Waals surface area (Å²) in [4.78, 5) is 11.2. The van der Waals surface area contributed by atoms with Gasteiger partial charge in [-0.15, -0.1) is 0 Å². The molecule has 0 unspecified atom stereocenters. The minimum Gasteiger partial charge on any atom is -0.494 e. The molecule has 35 heavy (non-hydrogen) atoms. The molecular formula is C27H26N6O2. The number of hydrogen-bond donors (Lipinski definition) is 1. The van der Waals surface area contributed by atoms with Crippen LogP contribution in [0.15, 0.2) is 73.2 Å². The lowest BCUT2D eigenvalue weighted by Gasteiger charge is -2.21. The van der Waals surface area contributed by atoms with E-state index in [4.69, 9.17) is 14.5 Å². The van der Waals surface area contributed by atoms with E-state index >= 15 is 0 Å². The fourth-order valence-corrected chi connectivity index (χ4v) is 4.20. The van der Waals surface area contributed by atoms with Gasteiger partial charge in [0.25, 0.3) is 0 Å². The molecule has 1 aliphatic heterocycles. The Bertz CT molecular complexity index is 1360. The Kier molecular flexibility index (Phi) is 6.33. The van der Waals surface area contributed by atoms with Crippen molar-refractivity contribution in [3.05, 3.63) is 90.0 Å². The Labute approximate surface area is 204 Å². The normalized spacial score (nSPS) is 15.4. The van der Waals surface area contributed by atoms with Crippen LogP contribution in [0.1, 0.15) is 22.9 Å². The van der Waals surface area contributed by atoms with Crippen LogP contribution in [0.5, 0.6) is 11.6 Å². The number of ether oxygens (including phenoxy) is 2. The van der Waals surface area contributed by atoms with E-state index in [0.29, 0.717) is 31.3 Å². The van der Waals surface area contributed by atoms with E-state index in [9.17, 15) is 5.26 Å². The second kappa shape index (κ2) is 9.87. The third-order valence-electron chi connectivity index (χ3n) is 5.92. The maximum atomic E-state index is 9.29. The van der Waals surface area contributed by atoms with Crippen LogP contribution in [-0.2, 0) is 6.54 Å². The largest absolute Gasteiger partial charge is 0.494 e. The third-order valence-corrected chi connectivity index (χ3v) is 5.92. The van der Waals surface area contributed by atoms with Crippen LogP contribution >= 0.6 is 0 Å². The van der Waals surface area contributed by atoms with E-state index in [2.05, 4.69) is 21.3 Å². The van der Waals surface area contributed by atoms with Crippen LogP contribution in [0, 0.1) is 18.3 Å². The SMILES string of the molecule is COc1cc(Nc2ccc3c(n2)O[C@H](c2ccccc2)CN(CC#N)C3)ccc1-n1cnc(C)c1. The zero-order valence-electron chi connectivity index (χ0n) is 19.7. The van der Waals surface area contributed by atoms with Gasteiger partial charge in [0.15, 0.2) is 0 Å². The molecule has 0 aliphatic carbocycles. The molecule has 2 aromatic carbocycles. The van der Waals surface area contributed by atoms with Crippen LogP contribution in [-0.4, -0.2) is 39.6 Å². The van der Waals surface area contributed by atoms with Crippen LogP contribution in [0.2, 0.25) is 0 Å². The first-order valence-electron chi connectivity index (χ1n) is 11.4.